The van der Waals surface area contributed by atoms with Gasteiger partial charge in [-0.3, -0.25) is 4.98 Å². The summed E-state index contributed by atoms with van der Waals surface area (Å²) in [6.07, 6.45) is 0. The summed E-state index contributed by atoms with van der Waals surface area (Å²) in [5.74, 6) is 3.50. The van der Waals surface area contributed by atoms with E-state index < -0.39 is 5.41 Å². The van der Waals surface area contributed by atoms with Crippen molar-refractivity contribution >= 4 is 0 Å². The van der Waals surface area contributed by atoms with E-state index >= 15 is 0 Å². The van der Waals surface area contributed by atoms with Gasteiger partial charge in [-0.25, -0.2) is 15.0 Å². The highest BCUT2D eigenvalue weighted by Gasteiger charge is 2.51. The van der Waals surface area contributed by atoms with Crippen molar-refractivity contribution in [3.05, 3.63) is 167 Å². The van der Waals surface area contributed by atoms with Crippen LogP contribution in [0, 0.1) is 13.8 Å². The number of fused-ring (bicyclic) bond motifs is 9. The van der Waals surface area contributed by atoms with Gasteiger partial charge in [0.15, 0.2) is 17.5 Å². The molecule has 2 aromatic heterocycles. The molecule has 0 unspecified atom stereocenters. The average molecular weight is 593 g/mol. The molecule has 0 saturated heterocycles. The number of nitrogens with zero attached hydrogens (tertiary/aromatic N) is 4. The van der Waals surface area contributed by atoms with Gasteiger partial charge in [0.1, 0.15) is 11.5 Å². The summed E-state index contributed by atoms with van der Waals surface area (Å²) in [6, 6.07) is 46.4. The zero-order chi connectivity index (χ0) is 30.8. The van der Waals surface area contributed by atoms with Gasteiger partial charge in [0.05, 0.1) is 5.41 Å². The molecule has 218 valence electrons. The number of aromatic nitrogens is 4. The number of ether oxygens (including phenoxy) is 1. The number of para-hydroxylation sites is 1. The van der Waals surface area contributed by atoms with Gasteiger partial charge < -0.3 is 4.74 Å². The van der Waals surface area contributed by atoms with Crippen LogP contribution in [-0.2, 0) is 5.41 Å². The Balaban J connectivity index is 1.32. The Morgan fingerprint density at radius 2 is 1.02 bits per heavy atom. The highest BCUT2D eigenvalue weighted by atomic mass is 16.5. The van der Waals surface area contributed by atoms with Crippen molar-refractivity contribution in [1.82, 2.24) is 19.9 Å². The third-order valence-electron chi connectivity index (χ3n) is 9.24. The molecule has 7 aromatic rings. The Morgan fingerprint density at radius 3 is 1.74 bits per heavy atom. The van der Waals surface area contributed by atoms with Gasteiger partial charge in [0.25, 0.3) is 0 Å². The first kappa shape index (κ1) is 26.5. The van der Waals surface area contributed by atoms with Crippen LogP contribution in [0.1, 0.15) is 33.6 Å². The summed E-state index contributed by atoms with van der Waals surface area (Å²) >= 11 is 0. The lowest BCUT2D eigenvalue weighted by Gasteiger charge is -2.39. The van der Waals surface area contributed by atoms with E-state index in [0.717, 1.165) is 50.7 Å². The van der Waals surface area contributed by atoms with E-state index in [4.69, 9.17) is 24.7 Å². The largest absolute Gasteiger partial charge is 0.457 e. The Morgan fingerprint density at radius 1 is 0.435 bits per heavy atom. The van der Waals surface area contributed by atoms with Crippen LogP contribution in [0.4, 0.5) is 0 Å². The smallest absolute Gasteiger partial charge is 0.165 e. The molecule has 5 heteroatoms. The third-order valence-corrected chi connectivity index (χ3v) is 9.24. The Labute approximate surface area is 267 Å². The second-order valence-electron chi connectivity index (χ2n) is 11.9. The summed E-state index contributed by atoms with van der Waals surface area (Å²) in [5, 5.41) is 0. The molecule has 3 heterocycles. The lowest BCUT2D eigenvalue weighted by molar-refractivity contribution is 0.436. The summed E-state index contributed by atoms with van der Waals surface area (Å²) in [7, 11) is 0. The van der Waals surface area contributed by atoms with Crippen LogP contribution in [0.15, 0.2) is 133 Å². The number of rotatable bonds is 3. The maximum Gasteiger partial charge on any atom is 0.165 e. The summed E-state index contributed by atoms with van der Waals surface area (Å²) in [5.41, 5.74) is 11.1. The second kappa shape index (κ2) is 10.0. The fraction of sp³-hybridized carbons (Fsp3) is 0.0732. The molecule has 0 amide bonds. The van der Waals surface area contributed by atoms with E-state index in [1.54, 1.807) is 0 Å². The van der Waals surface area contributed by atoms with Crippen molar-refractivity contribution in [2.75, 3.05) is 0 Å². The first-order valence-corrected chi connectivity index (χ1v) is 15.5. The van der Waals surface area contributed by atoms with Gasteiger partial charge in [-0.05, 0) is 72.5 Å². The molecule has 0 N–H and O–H groups in total. The number of benzene rings is 5. The minimum atomic E-state index is -0.567. The van der Waals surface area contributed by atoms with Gasteiger partial charge >= 0.3 is 0 Å². The van der Waals surface area contributed by atoms with Crippen LogP contribution < -0.4 is 4.74 Å². The predicted octanol–water partition coefficient (Wildman–Crippen LogP) is 9.35. The fourth-order valence-corrected chi connectivity index (χ4v) is 7.26. The molecule has 0 radical (unpaired) electrons. The normalized spacial score (nSPS) is 13.3. The van der Waals surface area contributed by atoms with Gasteiger partial charge in [-0.2, -0.15) is 0 Å². The second-order valence-corrected chi connectivity index (χ2v) is 11.9. The number of pyridine rings is 1. The Hall–Kier alpha value is -5.94. The lowest BCUT2D eigenvalue weighted by atomic mass is 9.66. The minimum absolute atomic E-state index is 0.567. The standard InChI is InChI=1S/C41H28N4O/c1-25-20-22-29(26(2)42-25)40-44-38(27-12-4-3-5-13-27)43-39(45-40)28-21-23-37-35(24-28)41(34-18-10-11-19-36(34)46-37)32-16-8-6-14-30(32)31-15-7-9-17-33(31)41/h3-24H,1-2H3. The Bertz CT molecular complexity index is 2280. The van der Waals surface area contributed by atoms with E-state index in [-0.39, 0.29) is 0 Å². The molecule has 0 bridgehead atoms. The lowest BCUT2D eigenvalue weighted by Crippen LogP contribution is -2.32. The van der Waals surface area contributed by atoms with Gasteiger partial charge in [-0.15, -0.1) is 0 Å². The molecule has 5 nitrogen and oxygen atoms in total. The van der Waals surface area contributed by atoms with Crippen molar-refractivity contribution < 1.29 is 4.74 Å². The average Bonchev–Trinajstić information content (AvgIpc) is 3.39. The molecule has 46 heavy (non-hydrogen) atoms. The van der Waals surface area contributed by atoms with Crippen molar-refractivity contribution in [3.63, 3.8) is 0 Å². The van der Waals surface area contributed by atoms with Crippen molar-refractivity contribution in [1.29, 1.82) is 0 Å². The molecule has 1 aliphatic heterocycles. The van der Waals surface area contributed by atoms with Crippen LogP contribution in [-0.4, -0.2) is 19.9 Å². The fourth-order valence-electron chi connectivity index (χ4n) is 7.26. The highest BCUT2D eigenvalue weighted by Crippen LogP contribution is 2.62. The molecular formula is C41H28N4O. The molecule has 5 aromatic carbocycles. The van der Waals surface area contributed by atoms with Crippen LogP contribution in [0.2, 0.25) is 0 Å². The SMILES string of the molecule is Cc1ccc(-c2nc(-c3ccccc3)nc(-c3ccc4c(c3)C3(c5ccccc5O4)c4ccccc4-c4ccccc43)n2)c(C)n1. The number of hydrogen-bond acceptors (Lipinski definition) is 5. The first-order valence-electron chi connectivity index (χ1n) is 15.5. The number of hydrogen-bond donors (Lipinski definition) is 0. The zero-order valence-electron chi connectivity index (χ0n) is 25.4. The van der Waals surface area contributed by atoms with E-state index in [0.29, 0.717) is 17.5 Å². The molecule has 0 fully saturated rings. The quantitative estimate of drug-likeness (QED) is 0.205. The maximum atomic E-state index is 6.64. The Kier molecular flexibility index (Phi) is 5.78. The van der Waals surface area contributed by atoms with Gasteiger partial charge in [0, 0.05) is 39.2 Å². The molecule has 0 saturated carbocycles. The van der Waals surface area contributed by atoms with E-state index in [1.807, 2.05) is 62.4 Å². The topological polar surface area (TPSA) is 60.8 Å². The predicted molar refractivity (Wildman–Crippen MR) is 181 cm³/mol. The van der Waals surface area contributed by atoms with Crippen LogP contribution in [0.5, 0.6) is 11.5 Å². The van der Waals surface area contributed by atoms with Crippen molar-refractivity contribution in [2.45, 2.75) is 19.3 Å². The van der Waals surface area contributed by atoms with Crippen LogP contribution >= 0.6 is 0 Å². The third kappa shape index (κ3) is 3.81. The first-order chi connectivity index (χ1) is 22.6. The molecule has 1 aliphatic carbocycles. The molecule has 0 atom stereocenters. The van der Waals surface area contributed by atoms with E-state index in [2.05, 4.69) is 84.9 Å². The van der Waals surface area contributed by atoms with Crippen molar-refractivity contribution in [3.8, 4) is 56.8 Å². The zero-order valence-corrected chi connectivity index (χ0v) is 25.4. The van der Waals surface area contributed by atoms with E-state index in [1.165, 1.54) is 22.3 Å². The summed E-state index contributed by atoms with van der Waals surface area (Å²) in [6.45, 7) is 3.99. The van der Waals surface area contributed by atoms with Crippen molar-refractivity contribution in [2.24, 2.45) is 0 Å². The molecule has 2 aliphatic rings. The summed E-state index contributed by atoms with van der Waals surface area (Å²) < 4.78 is 6.64. The molecule has 9 rings (SSSR count). The van der Waals surface area contributed by atoms with E-state index in [9.17, 15) is 0 Å². The van der Waals surface area contributed by atoms with Crippen LogP contribution in [0.3, 0.4) is 0 Å². The number of aryl methyl sites for hydroxylation is 2. The highest BCUT2D eigenvalue weighted by molar-refractivity contribution is 5.89. The molecular weight excluding hydrogens is 564 g/mol. The maximum absolute atomic E-state index is 6.64. The van der Waals surface area contributed by atoms with Gasteiger partial charge in [-0.1, -0.05) is 97.1 Å². The monoisotopic (exact) mass is 592 g/mol. The minimum Gasteiger partial charge on any atom is -0.457 e. The molecule has 1 spiro atoms. The summed E-state index contributed by atoms with van der Waals surface area (Å²) in [4.78, 5) is 19.8. The van der Waals surface area contributed by atoms with Gasteiger partial charge in [0.2, 0.25) is 0 Å². The van der Waals surface area contributed by atoms with Crippen LogP contribution in [0.25, 0.3) is 45.3 Å².